The van der Waals surface area contributed by atoms with Crippen LogP contribution in [0.3, 0.4) is 0 Å². The fraction of sp³-hybridized carbons (Fsp3) is 0.190. The number of fused-ring (bicyclic) bond motifs is 2. The van der Waals surface area contributed by atoms with Crippen molar-refractivity contribution in [1.29, 1.82) is 0 Å². The largest absolute Gasteiger partial charge is 0.421 e. The molecule has 0 atom stereocenters. The molecule has 0 fully saturated rings. The SMILES string of the molecule is OCCCCc1nnc(-c2cc(-c3cccc4[nH]ccc34)cc3[nH]ncc23)o1. The second kappa shape index (κ2) is 6.94. The van der Waals surface area contributed by atoms with E-state index in [1.807, 2.05) is 12.3 Å². The van der Waals surface area contributed by atoms with Gasteiger partial charge in [-0.2, -0.15) is 5.10 Å². The Kier molecular flexibility index (Phi) is 4.14. The summed E-state index contributed by atoms with van der Waals surface area (Å²) < 4.78 is 5.91. The van der Waals surface area contributed by atoms with Crippen LogP contribution in [0, 0.1) is 0 Å². The minimum Gasteiger partial charge on any atom is -0.421 e. The van der Waals surface area contributed by atoms with E-state index < -0.39 is 0 Å². The van der Waals surface area contributed by atoms with Gasteiger partial charge in [-0.15, -0.1) is 10.2 Å². The molecular formula is C21H19N5O2. The van der Waals surface area contributed by atoms with Gasteiger partial charge in [-0.05, 0) is 48.2 Å². The van der Waals surface area contributed by atoms with Crippen LogP contribution in [0.1, 0.15) is 18.7 Å². The van der Waals surface area contributed by atoms with Gasteiger partial charge in [0.1, 0.15) is 0 Å². The van der Waals surface area contributed by atoms with Crippen LogP contribution in [0.15, 0.2) is 53.2 Å². The van der Waals surface area contributed by atoms with Gasteiger partial charge in [-0.25, -0.2) is 0 Å². The van der Waals surface area contributed by atoms with Crippen molar-refractivity contribution in [2.75, 3.05) is 6.61 Å². The lowest BCUT2D eigenvalue weighted by Crippen LogP contribution is -1.88. The third kappa shape index (κ3) is 2.86. The van der Waals surface area contributed by atoms with Crippen molar-refractivity contribution < 1.29 is 9.52 Å². The van der Waals surface area contributed by atoms with E-state index in [-0.39, 0.29) is 6.61 Å². The number of aliphatic hydroxyl groups is 1. The third-order valence-corrected chi connectivity index (χ3v) is 4.96. The maximum Gasteiger partial charge on any atom is 0.248 e. The van der Waals surface area contributed by atoms with Crippen LogP contribution in [-0.2, 0) is 6.42 Å². The summed E-state index contributed by atoms with van der Waals surface area (Å²) in [5.41, 5.74) is 5.04. The highest BCUT2D eigenvalue weighted by molar-refractivity contribution is 6.01. The highest BCUT2D eigenvalue weighted by Gasteiger charge is 2.16. The third-order valence-electron chi connectivity index (χ3n) is 4.96. The number of nitrogens with one attached hydrogen (secondary N) is 2. The summed E-state index contributed by atoms with van der Waals surface area (Å²) >= 11 is 0. The predicted octanol–water partition coefficient (Wildman–Crippen LogP) is 4.08. The summed E-state index contributed by atoms with van der Waals surface area (Å²) in [6.45, 7) is 0.170. The first kappa shape index (κ1) is 16.7. The van der Waals surface area contributed by atoms with E-state index in [1.54, 1.807) is 6.20 Å². The van der Waals surface area contributed by atoms with Crippen molar-refractivity contribution >= 4 is 21.8 Å². The van der Waals surface area contributed by atoms with Gasteiger partial charge in [0.05, 0.1) is 17.3 Å². The Labute approximate surface area is 160 Å². The molecule has 3 heterocycles. The maximum atomic E-state index is 8.94. The molecule has 5 aromatic rings. The monoisotopic (exact) mass is 373 g/mol. The Morgan fingerprint density at radius 1 is 0.964 bits per heavy atom. The molecule has 5 rings (SSSR count). The van der Waals surface area contributed by atoms with E-state index in [9.17, 15) is 0 Å². The summed E-state index contributed by atoms with van der Waals surface area (Å²) in [5, 5.41) is 26.7. The van der Waals surface area contributed by atoms with Gasteiger partial charge in [0.2, 0.25) is 11.8 Å². The predicted molar refractivity (Wildman–Crippen MR) is 107 cm³/mol. The first-order chi connectivity index (χ1) is 13.8. The summed E-state index contributed by atoms with van der Waals surface area (Å²) in [6, 6.07) is 12.4. The topological polar surface area (TPSA) is 104 Å². The van der Waals surface area contributed by atoms with Gasteiger partial charge in [0.15, 0.2) is 0 Å². The summed E-state index contributed by atoms with van der Waals surface area (Å²) in [5.74, 6) is 1.06. The first-order valence-corrected chi connectivity index (χ1v) is 9.31. The van der Waals surface area contributed by atoms with Crippen LogP contribution < -0.4 is 0 Å². The molecule has 0 unspecified atom stereocenters. The van der Waals surface area contributed by atoms with E-state index in [2.05, 4.69) is 55.7 Å². The molecule has 0 aliphatic heterocycles. The average molecular weight is 373 g/mol. The molecule has 140 valence electrons. The van der Waals surface area contributed by atoms with Crippen LogP contribution in [0.2, 0.25) is 0 Å². The lowest BCUT2D eigenvalue weighted by molar-refractivity contribution is 0.283. The van der Waals surface area contributed by atoms with Gasteiger partial charge in [-0.1, -0.05) is 12.1 Å². The zero-order chi connectivity index (χ0) is 18.9. The van der Waals surface area contributed by atoms with Gasteiger partial charge in [0, 0.05) is 35.5 Å². The molecule has 0 amide bonds. The molecule has 28 heavy (non-hydrogen) atoms. The Morgan fingerprint density at radius 2 is 1.93 bits per heavy atom. The second-order valence-electron chi connectivity index (χ2n) is 6.78. The van der Waals surface area contributed by atoms with Gasteiger partial charge in [-0.3, -0.25) is 5.10 Å². The molecule has 0 saturated heterocycles. The van der Waals surface area contributed by atoms with Crippen molar-refractivity contribution in [1.82, 2.24) is 25.4 Å². The van der Waals surface area contributed by atoms with Gasteiger partial charge < -0.3 is 14.5 Å². The summed E-state index contributed by atoms with van der Waals surface area (Å²) in [4.78, 5) is 3.26. The quantitative estimate of drug-likeness (QED) is 0.389. The number of aliphatic hydroxyl groups excluding tert-OH is 1. The van der Waals surface area contributed by atoms with Gasteiger partial charge in [0.25, 0.3) is 0 Å². The molecular weight excluding hydrogens is 354 g/mol. The average Bonchev–Trinajstić information content (AvgIpc) is 3.46. The number of aromatic amines is 2. The minimum absolute atomic E-state index is 0.170. The zero-order valence-corrected chi connectivity index (χ0v) is 15.1. The number of unbranched alkanes of at least 4 members (excludes halogenated alkanes) is 1. The Balaban J connectivity index is 1.62. The summed E-state index contributed by atoms with van der Waals surface area (Å²) in [6.07, 6.45) is 5.92. The molecule has 0 aliphatic carbocycles. The number of rotatable bonds is 6. The van der Waals surface area contributed by atoms with Crippen molar-refractivity contribution in [3.05, 3.63) is 54.7 Å². The van der Waals surface area contributed by atoms with Crippen LogP contribution in [0.25, 0.3) is 44.4 Å². The van der Waals surface area contributed by atoms with E-state index in [4.69, 9.17) is 9.52 Å². The zero-order valence-electron chi connectivity index (χ0n) is 15.1. The van der Waals surface area contributed by atoms with Crippen molar-refractivity contribution in [3.8, 4) is 22.6 Å². The van der Waals surface area contributed by atoms with Crippen LogP contribution >= 0.6 is 0 Å². The molecule has 0 radical (unpaired) electrons. The Morgan fingerprint density at radius 3 is 2.86 bits per heavy atom. The molecule has 3 N–H and O–H groups in total. The molecule has 0 bridgehead atoms. The van der Waals surface area contributed by atoms with Crippen molar-refractivity contribution in [2.45, 2.75) is 19.3 Å². The van der Waals surface area contributed by atoms with Crippen molar-refractivity contribution in [3.63, 3.8) is 0 Å². The number of hydrogen-bond acceptors (Lipinski definition) is 5. The number of benzene rings is 2. The molecule has 0 spiro atoms. The normalized spacial score (nSPS) is 11.6. The minimum atomic E-state index is 0.170. The Hall–Kier alpha value is -3.45. The molecule has 2 aromatic carbocycles. The highest BCUT2D eigenvalue weighted by atomic mass is 16.4. The fourth-order valence-electron chi connectivity index (χ4n) is 3.57. The lowest BCUT2D eigenvalue weighted by Gasteiger charge is -2.07. The first-order valence-electron chi connectivity index (χ1n) is 9.31. The maximum absolute atomic E-state index is 8.94. The molecule has 3 aromatic heterocycles. The van der Waals surface area contributed by atoms with Gasteiger partial charge >= 0.3 is 0 Å². The van der Waals surface area contributed by atoms with Crippen LogP contribution in [-0.4, -0.2) is 37.1 Å². The van der Waals surface area contributed by atoms with E-state index in [1.165, 1.54) is 0 Å². The highest BCUT2D eigenvalue weighted by Crippen LogP contribution is 2.35. The van der Waals surface area contributed by atoms with Crippen LogP contribution in [0.5, 0.6) is 0 Å². The number of nitrogens with zero attached hydrogens (tertiary/aromatic N) is 3. The van der Waals surface area contributed by atoms with E-state index in [0.29, 0.717) is 18.2 Å². The fourth-order valence-corrected chi connectivity index (χ4v) is 3.57. The number of aromatic nitrogens is 5. The number of H-pyrrole nitrogens is 2. The Bertz CT molecular complexity index is 1250. The standard InChI is InChI=1S/C21H19N5O2/c27-9-2-1-6-20-25-26-21(28-20)16-10-13(11-19-17(16)12-23-24-19)14-4-3-5-18-15(14)7-8-22-18/h3-5,7-8,10-12,22,27H,1-2,6,9H2,(H,23,24). The number of hydrogen-bond donors (Lipinski definition) is 3. The smallest absolute Gasteiger partial charge is 0.248 e. The molecule has 0 aliphatic rings. The molecule has 7 nitrogen and oxygen atoms in total. The molecule has 7 heteroatoms. The molecule has 0 saturated carbocycles. The number of aryl methyl sites for hydroxylation is 1. The lowest BCUT2D eigenvalue weighted by atomic mass is 9.98. The van der Waals surface area contributed by atoms with Crippen molar-refractivity contribution in [2.24, 2.45) is 0 Å². The van der Waals surface area contributed by atoms with Crippen LogP contribution in [0.4, 0.5) is 0 Å². The second-order valence-corrected chi connectivity index (χ2v) is 6.78. The van der Waals surface area contributed by atoms with E-state index in [0.717, 1.165) is 51.3 Å². The van der Waals surface area contributed by atoms with E-state index >= 15 is 0 Å². The summed E-state index contributed by atoms with van der Waals surface area (Å²) in [7, 11) is 0.